The van der Waals surface area contributed by atoms with Gasteiger partial charge in [0, 0.05) is 10.6 Å². The number of aryl methyl sites for hydroxylation is 1. The van der Waals surface area contributed by atoms with Gasteiger partial charge in [-0.15, -0.1) is 0 Å². The minimum Gasteiger partial charge on any atom is -0.489 e. The summed E-state index contributed by atoms with van der Waals surface area (Å²) >= 11 is 5.89. The van der Waals surface area contributed by atoms with E-state index in [2.05, 4.69) is 10.4 Å². The highest BCUT2D eigenvalue weighted by atomic mass is 35.5. The van der Waals surface area contributed by atoms with Crippen molar-refractivity contribution in [2.75, 3.05) is 5.32 Å². The molecule has 0 aliphatic carbocycles. The second-order valence-electron chi connectivity index (χ2n) is 7.72. The van der Waals surface area contributed by atoms with Crippen LogP contribution in [0.4, 0.5) is 10.1 Å². The number of benzene rings is 3. The molecule has 1 aromatic heterocycles. The molecule has 168 valence electrons. The normalized spacial score (nSPS) is 10.8. The molecule has 0 fully saturated rings. The van der Waals surface area contributed by atoms with Crippen LogP contribution in [0.25, 0.3) is 0 Å². The molecule has 0 unspecified atom stereocenters. The number of ether oxygens (including phenoxy) is 1. The van der Waals surface area contributed by atoms with Crippen LogP contribution in [0.2, 0.25) is 5.02 Å². The summed E-state index contributed by atoms with van der Waals surface area (Å²) in [5.74, 6) is 0.236. The van der Waals surface area contributed by atoms with Gasteiger partial charge in [0.15, 0.2) is 0 Å². The SMILES string of the molecule is Cc1nn(Cc2ccc(F)cc2)c(C)c1NC(=O)c1ccc(COc2ccc(Cl)cc2)cc1. The fourth-order valence-electron chi connectivity index (χ4n) is 3.43. The van der Waals surface area contributed by atoms with Gasteiger partial charge in [0.1, 0.15) is 18.2 Å². The Kier molecular flexibility index (Phi) is 6.75. The lowest BCUT2D eigenvalue weighted by molar-refractivity contribution is 0.102. The summed E-state index contributed by atoms with van der Waals surface area (Å²) in [4.78, 5) is 12.8. The molecule has 0 bridgehead atoms. The lowest BCUT2D eigenvalue weighted by Crippen LogP contribution is -2.13. The number of carbonyl (C=O) groups excluding carboxylic acids is 1. The number of carbonyl (C=O) groups is 1. The van der Waals surface area contributed by atoms with Gasteiger partial charge in [-0.25, -0.2) is 4.39 Å². The monoisotopic (exact) mass is 463 g/mol. The van der Waals surface area contributed by atoms with Gasteiger partial charge in [0.05, 0.1) is 23.6 Å². The van der Waals surface area contributed by atoms with Crippen molar-refractivity contribution in [1.82, 2.24) is 9.78 Å². The maximum Gasteiger partial charge on any atom is 0.255 e. The number of nitrogens with one attached hydrogen (secondary N) is 1. The zero-order chi connectivity index (χ0) is 23.4. The van der Waals surface area contributed by atoms with Gasteiger partial charge >= 0.3 is 0 Å². The van der Waals surface area contributed by atoms with Crippen LogP contribution >= 0.6 is 11.6 Å². The van der Waals surface area contributed by atoms with E-state index in [-0.39, 0.29) is 11.7 Å². The van der Waals surface area contributed by atoms with E-state index in [1.807, 2.05) is 38.1 Å². The fraction of sp³-hybridized carbons (Fsp3) is 0.154. The van der Waals surface area contributed by atoms with Crippen LogP contribution in [0, 0.1) is 19.7 Å². The van der Waals surface area contributed by atoms with Crippen molar-refractivity contribution in [2.24, 2.45) is 0 Å². The Hall–Kier alpha value is -3.64. The van der Waals surface area contributed by atoms with Crippen molar-refractivity contribution in [1.29, 1.82) is 0 Å². The van der Waals surface area contributed by atoms with Gasteiger partial charge in [-0.05, 0) is 73.5 Å². The Bertz CT molecular complexity index is 1250. The molecule has 0 saturated carbocycles. The summed E-state index contributed by atoms with van der Waals surface area (Å²) in [7, 11) is 0. The summed E-state index contributed by atoms with van der Waals surface area (Å²) < 4.78 is 20.7. The van der Waals surface area contributed by atoms with Crippen LogP contribution in [0.3, 0.4) is 0 Å². The first-order chi connectivity index (χ1) is 15.9. The molecule has 4 rings (SSSR count). The van der Waals surface area contributed by atoms with E-state index in [1.165, 1.54) is 12.1 Å². The van der Waals surface area contributed by atoms with Crippen molar-refractivity contribution >= 4 is 23.2 Å². The molecule has 1 amide bonds. The Balaban J connectivity index is 1.40. The molecular formula is C26H23ClFN3O2. The first-order valence-corrected chi connectivity index (χ1v) is 10.8. The molecule has 0 aliphatic heterocycles. The lowest BCUT2D eigenvalue weighted by atomic mass is 10.1. The van der Waals surface area contributed by atoms with E-state index in [0.29, 0.717) is 29.4 Å². The topological polar surface area (TPSA) is 56.2 Å². The maximum atomic E-state index is 13.2. The number of hydrogen-bond acceptors (Lipinski definition) is 3. The second-order valence-corrected chi connectivity index (χ2v) is 8.16. The van der Waals surface area contributed by atoms with Crippen LogP contribution in [-0.2, 0) is 13.2 Å². The third-order valence-electron chi connectivity index (χ3n) is 5.30. The molecule has 3 aromatic carbocycles. The molecule has 7 heteroatoms. The molecular weight excluding hydrogens is 441 g/mol. The van der Waals surface area contributed by atoms with Gasteiger partial charge in [-0.2, -0.15) is 5.10 Å². The summed E-state index contributed by atoms with van der Waals surface area (Å²) in [5, 5.41) is 8.15. The number of halogens is 2. The average molecular weight is 464 g/mol. The number of nitrogens with zero attached hydrogens (tertiary/aromatic N) is 2. The molecule has 0 saturated heterocycles. The first-order valence-electron chi connectivity index (χ1n) is 10.5. The zero-order valence-electron chi connectivity index (χ0n) is 18.3. The highest BCUT2D eigenvalue weighted by Crippen LogP contribution is 2.22. The van der Waals surface area contributed by atoms with Crippen molar-refractivity contribution in [3.63, 3.8) is 0 Å². The van der Waals surface area contributed by atoms with E-state index in [1.54, 1.807) is 41.1 Å². The van der Waals surface area contributed by atoms with Gasteiger partial charge < -0.3 is 10.1 Å². The van der Waals surface area contributed by atoms with Crippen molar-refractivity contribution < 1.29 is 13.9 Å². The molecule has 1 N–H and O–H groups in total. The number of hydrogen-bond donors (Lipinski definition) is 1. The van der Waals surface area contributed by atoms with E-state index in [4.69, 9.17) is 16.3 Å². The van der Waals surface area contributed by atoms with Crippen molar-refractivity contribution in [3.05, 3.63) is 112 Å². The number of aromatic nitrogens is 2. The van der Waals surface area contributed by atoms with Crippen LogP contribution in [0.15, 0.2) is 72.8 Å². The first kappa shape index (κ1) is 22.6. The maximum absolute atomic E-state index is 13.2. The van der Waals surface area contributed by atoms with Gasteiger partial charge in [0.2, 0.25) is 0 Å². The Morgan fingerprint density at radius 3 is 2.27 bits per heavy atom. The predicted octanol–water partition coefficient (Wildman–Crippen LogP) is 6.17. The molecule has 0 aliphatic rings. The lowest BCUT2D eigenvalue weighted by Gasteiger charge is -2.09. The number of anilines is 1. The largest absolute Gasteiger partial charge is 0.489 e. The minimum atomic E-state index is -0.275. The number of amides is 1. The van der Waals surface area contributed by atoms with E-state index < -0.39 is 0 Å². The highest BCUT2D eigenvalue weighted by Gasteiger charge is 2.15. The Labute approximate surface area is 196 Å². The quantitative estimate of drug-likeness (QED) is 0.356. The zero-order valence-corrected chi connectivity index (χ0v) is 19.1. The van der Waals surface area contributed by atoms with E-state index >= 15 is 0 Å². The summed E-state index contributed by atoms with van der Waals surface area (Å²) in [6.45, 7) is 4.63. The van der Waals surface area contributed by atoms with E-state index in [9.17, 15) is 9.18 Å². The predicted molar refractivity (Wildman–Crippen MR) is 127 cm³/mol. The molecule has 5 nitrogen and oxygen atoms in total. The van der Waals surface area contributed by atoms with Crippen LogP contribution in [-0.4, -0.2) is 15.7 Å². The Morgan fingerprint density at radius 2 is 1.61 bits per heavy atom. The molecule has 33 heavy (non-hydrogen) atoms. The molecule has 4 aromatic rings. The molecule has 1 heterocycles. The standard InChI is InChI=1S/C26H23ClFN3O2/c1-17-25(18(2)31(30-17)15-19-5-11-23(28)12-6-19)29-26(32)21-7-3-20(4-8-21)16-33-24-13-9-22(27)10-14-24/h3-14H,15-16H2,1-2H3,(H,29,32). The van der Waals surface area contributed by atoms with Crippen molar-refractivity contribution in [2.45, 2.75) is 27.0 Å². The third-order valence-corrected chi connectivity index (χ3v) is 5.55. The van der Waals surface area contributed by atoms with Crippen LogP contribution in [0.1, 0.15) is 32.9 Å². The minimum absolute atomic E-state index is 0.215. The molecule has 0 atom stereocenters. The number of rotatable bonds is 7. The van der Waals surface area contributed by atoms with Crippen molar-refractivity contribution in [3.8, 4) is 5.75 Å². The van der Waals surface area contributed by atoms with Gasteiger partial charge in [-0.3, -0.25) is 9.48 Å². The summed E-state index contributed by atoms with van der Waals surface area (Å²) in [6, 6.07) is 20.7. The second kappa shape index (κ2) is 9.88. The highest BCUT2D eigenvalue weighted by molar-refractivity contribution is 6.30. The van der Waals surface area contributed by atoms with Gasteiger partial charge in [-0.1, -0.05) is 35.9 Å². The Morgan fingerprint density at radius 1 is 0.970 bits per heavy atom. The summed E-state index contributed by atoms with van der Waals surface area (Å²) in [6.07, 6.45) is 0. The molecule has 0 spiro atoms. The fourth-order valence-corrected chi connectivity index (χ4v) is 3.56. The van der Waals surface area contributed by atoms with Crippen LogP contribution in [0.5, 0.6) is 5.75 Å². The van der Waals surface area contributed by atoms with Crippen LogP contribution < -0.4 is 10.1 Å². The molecule has 0 radical (unpaired) electrons. The van der Waals surface area contributed by atoms with Gasteiger partial charge in [0.25, 0.3) is 5.91 Å². The smallest absolute Gasteiger partial charge is 0.255 e. The van der Waals surface area contributed by atoms with E-state index in [0.717, 1.165) is 28.3 Å². The summed E-state index contributed by atoms with van der Waals surface area (Å²) in [5.41, 5.74) is 4.64. The average Bonchev–Trinajstić information content (AvgIpc) is 3.08. The third kappa shape index (κ3) is 5.59.